The van der Waals surface area contributed by atoms with E-state index in [1.165, 1.54) is 11.1 Å². The zero-order valence-corrected chi connectivity index (χ0v) is 16.9. The number of likely N-dealkylation sites (N-methyl/N-ethyl adjacent to an activating group) is 1. The fraction of sp³-hybridized carbons (Fsp3) is 0.250. The lowest BCUT2D eigenvalue weighted by Crippen LogP contribution is -2.32. The second-order valence-corrected chi connectivity index (χ2v) is 7.18. The van der Waals surface area contributed by atoms with Crippen LogP contribution in [0.4, 0.5) is 11.4 Å². The van der Waals surface area contributed by atoms with Gasteiger partial charge in [0.25, 0.3) is 0 Å². The third-order valence-electron chi connectivity index (χ3n) is 4.41. The normalized spacial score (nSPS) is 12.4. The highest BCUT2D eigenvalue weighted by Crippen LogP contribution is 2.21. The van der Waals surface area contributed by atoms with Gasteiger partial charge in [-0.05, 0) is 55.9 Å². The van der Waals surface area contributed by atoms with E-state index in [1.54, 1.807) is 0 Å². The number of nitrogens with zero attached hydrogens (tertiary/aromatic N) is 3. The minimum Gasteiger partial charge on any atom is -0.491 e. The van der Waals surface area contributed by atoms with E-state index in [0.717, 1.165) is 17.9 Å². The highest BCUT2D eigenvalue weighted by atomic mass is 16.5. The van der Waals surface area contributed by atoms with E-state index in [4.69, 9.17) is 4.74 Å². The van der Waals surface area contributed by atoms with Gasteiger partial charge in [0, 0.05) is 13.1 Å². The molecule has 5 nitrogen and oxygen atoms in total. The standard InChI is InChI=1S/C24H27N3O2/c1-19-8-10-20(11-9-19)16-27(2)17-23(28)18-29-24-14-12-22(13-15-24)26-25-21-6-4-3-5-7-21/h3-15,23,28H,16-18H2,1-2H3/b26-25+. The Kier molecular flexibility index (Phi) is 7.50. The maximum Gasteiger partial charge on any atom is 0.119 e. The van der Waals surface area contributed by atoms with Gasteiger partial charge in [-0.3, -0.25) is 4.90 Å². The number of hydrogen-bond acceptors (Lipinski definition) is 5. The number of benzene rings is 3. The summed E-state index contributed by atoms with van der Waals surface area (Å²) in [6.07, 6.45) is -0.567. The Morgan fingerprint density at radius 1 is 0.862 bits per heavy atom. The molecule has 0 spiro atoms. The van der Waals surface area contributed by atoms with Crippen LogP contribution >= 0.6 is 0 Å². The highest BCUT2D eigenvalue weighted by Gasteiger charge is 2.10. The number of hydrogen-bond donors (Lipinski definition) is 1. The summed E-state index contributed by atoms with van der Waals surface area (Å²) >= 11 is 0. The van der Waals surface area contributed by atoms with Crippen molar-refractivity contribution in [1.29, 1.82) is 0 Å². The van der Waals surface area contributed by atoms with Gasteiger partial charge in [-0.15, -0.1) is 0 Å². The first-order valence-electron chi connectivity index (χ1n) is 9.70. The number of azo groups is 1. The Morgan fingerprint density at radius 2 is 1.48 bits per heavy atom. The smallest absolute Gasteiger partial charge is 0.119 e. The number of aliphatic hydroxyl groups is 1. The minimum atomic E-state index is -0.567. The molecule has 29 heavy (non-hydrogen) atoms. The van der Waals surface area contributed by atoms with Crippen LogP contribution in [0.2, 0.25) is 0 Å². The summed E-state index contributed by atoms with van der Waals surface area (Å²) in [7, 11) is 2.00. The Hall–Kier alpha value is -3.02. The van der Waals surface area contributed by atoms with Crippen LogP contribution in [0, 0.1) is 6.92 Å². The molecule has 3 aromatic carbocycles. The first-order valence-corrected chi connectivity index (χ1v) is 9.70. The summed E-state index contributed by atoms with van der Waals surface area (Å²) in [4.78, 5) is 2.09. The van der Waals surface area contributed by atoms with Crippen molar-refractivity contribution in [2.75, 3.05) is 20.2 Å². The predicted octanol–water partition coefficient (Wildman–Crippen LogP) is 5.28. The number of aliphatic hydroxyl groups excluding tert-OH is 1. The minimum absolute atomic E-state index is 0.239. The zero-order chi connectivity index (χ0) is 20.5. The Balaban J connectivity index is 1.43. The quantitative estimate of drug-likeness (QED) is 0.506. The first-order chi connectivity index (χ1) is 14.1. The van der Waals surface area contributed by atoms with Gasteiger partial charge in [-0.1, -0.05) is 48.0 Å². The Labute approximate surface area is 172 Å². The van der Waals surface area contributed by atoms with Crippen molar-refractivity contribution in [2.45, 2.75) is 19.6 Å². The summed E-state index contributed by atoms with van der Waals surface area (Å²) in [5.41, 5.74) is 4.04. The van der Waals surface area contributed by atoms with Crippen LogP contribution in [0.15, 0.2) is 89.1 Å². The third kappa shape index (κ3) is 7.14. The summed E-state index contributed by atoms with van der Waals surface area (Å²) < 4.78 is 5.70. The fourth-order valence-corrected chi connectivity index (χ4v) is 2.89. The van der Waals surface area contributed by atoms with E-state index >= 15 is 0 Å². The maximum atomic E-state index is 10.3. The van der Waals surface area contributed by atoms with E-state index in [-0.39, 0.29) is 6.61 Å². The van der Waals surface area contributed by atoms with Crippen molar-refractivity contribution in [3.8, 4) is 5.75 Å². The molecule has 0 aromatic heterocycles. The molecule has 5 heteroatoms. The molecule has 0 bridgehead atoms. The molecule has 1 N–H and O–H groups in total. The van der Waals surface area contributed by atoms with E-state index in [2.05, 4.69) is 46.3 Å². The van der Waals surface area contributed by atoms with Crippen LogP contribution in [0.25, 0.3) is 0 Å². The van der Waals surface area contributed by atoms with Crippen LogP contribution in [0.5, 0.6) is 5.75 Å². The van der Waals surface area contributed by atoms with Crippen LogP contribution in [-0.4, -0.2) is 36.3 Å². The second kappa shape index (κ2) is 10.5. The number of ether oxygens (including phenoxy) is 1. The zero-order valence-electron chi connectivity index (χ0n) is 16.9. The molecular formula is C24H27N3O2. The lowest BCUT2D eigenvalue weighted by Gasteiger charge is -2.21. The summed E-state index contributed by atoms with van der Waals surface area (Å²) in [5.74, 6) is 0.698. The fourth-order valence-electron chi connectivity index (χ4n) is 2.89. The molecule has 1 unspecified atom stereocenters. The van der Waals surface area contributed by atoms with Crippen molar-refractivity contribution in [2.24, 2.45) is 10.2 Å². The van der Waals surface area contributed by atoms with E-state index in [1.807, 2.05) is 61.6 Å². The Morgan fingerprint density at radius 3 is 2.14 bits per heavy atom. The van der Waals surface area contributed by atoms with Gasteiger partial charge in [-0.25, -0.2) is 0 Å². The van der Waals surface area contributed by atoms with Crippen molar-refractivity contribution < 1.29 is 9.84 Å². The van der Waals surface area contributed by atoms with Gasteiger partial charge >= 0.3 is 0 Å². The lowest BCUT2D eigenvalue weighted by atomic mass is 10.1. The first kappa shape index (κ1) is 20.7. The molecular weight excluding hydrogens is 362 g/mol. The predicted molar refractivity (Wildman–Crippen MR) is 116 cm³/mol. The van der Waals surface area contributed by atoms with Crippen molar-refractivity contribution >= 4 is 11.4 Å². The molecule has 3 rings (SSSR count). The monoisotopic (exact) mass is 389 g/mol. The Bertz CT molecular complexity index is 894. The molecule has 3 aromatic rings. The average Bonchev–Trinajstić information content (AvgIpc) is 2.74. The van der Waals surface area contributed by atoms with Gasteiger partial charge in [0.1, 0.15) is 18.5 Å². The third-order valence-corrected chi connectivity index (χ3v) is 4.41. The van der Waals surface area contributed by atoms with Crippen molar-refractivity contribution in [3.63, 3.8) is 0 Å². The van der Waals surface area contributed by atoms with Crippen LogP contribution in [0.1, 0.15) is 11.1 Å². The highest BCUT2D eigenvalue weighted by molar-refractivity contribution is 5.42. The van der Waals surface area contributed by atoms with Crippen molar-refractivity contribution in [3.05, 3.63) is 90.0 Å². The number of aryl methyl sites for hydroxylation is 1. The molecule has 0 aliphatic rings. The largest absolute Gasteiger partial charge is 0.491 e. The molecule has 0 aliphatic heterocycles. The van der Waals surface area contributed by atoms with Gasteiger partial charge in [0.2, 0.25) is 0 Å². The molecule has 0 amide bonds. The lowest BCUT2D eigenvalue weighted by molar-refractivity contribution is 0.0744. The molecule has 1 atom stereocenters. The topological polar surface area (TPSA) is 57.4 Å². The van der Waals surface area contributed by atoms with Crippen LogP contribution < -0.4 is 4.74 Å². The SMILES string of the molecule is Cc1ccc(CN(C)CC(O)COc2ccc(/N=N/c3ccccc3)cc2)cc1. The molecule has 0 saturated carbocycles. The molecule has 0 saturated heterocycles. The van der Waals surface area contributed by atoms with Gasteiger partial charge in [0.05, 0.1) is 11.4 Å². The molecule has 0 aliphatic carbocycles. The molecule has 0 radical (unpaired) electrons. The second-order valence-electron chi connectivity index (χ2n) is 7.18. The molecule has 0 fully saturated rings. The van der Waals surface area contributed by atoms with Gasteiger partial charge in [0.15, 0.2) is 0 Å². The average molecular weight is 389 g/mol. The van der Waals surface area contributed by atoms with Crippen LogP contribution in [0.3, 0.4) is 0 Å². The summed E-state index contributed by atoms with van der Waals surface area (Å²) in [5, 5.41) is 18.7. The molecule has 150 valence electrons. The van der Waals surface area contributed by atoms with E-state index < -0.39 is 6.10 Å². The van der Waals surface area contributed by atoms with Crippen LogP contribution in [-0.2, 0) is 6.54 Å². The molecule has 0 heterocycles. The van der Waals surface area contributed by atoms with E-state index in [9.17, 15) is 5.11 Å². The van der Waals surface area contributed by atoms with Crippen molar-refractivity contribution in [1.82, 2.24) is 4.90 Å². The van der Waals surface area contributed by atoms with E-state index in [0.29, 0.717) is 12.3 Å². The number of rotatable bonds is 9. The van der Waals surface area contributed by atoms with Gasteiger partial charge < -0.3 is 9.84 Å². The van der Waals surface area contributed by atoms with Gasteiger partial charge in [-0.2, -0.15) is 10.2 Å². The maximum absolute atomic E-state index is 10.3. The summed E-state index contributed by atoms with van der Waals surface area (Å²) in [6.45, 7) is 3.64. The summed E-state index contributed by atoms with van der Waals surface area (Å²) in [6, 6.07) is 25.4.